The van der Waals surface area contributed by atoms with Gasteiger partial charge in [0.05, 0.1) is 19.4 Å². The average molecular weight is 496 g/mol. The van der Waals surface area contributed by atoms with Gasteiger partial charge in [-0.15, -0.1) is 0 Å². The molecule has 0 radical (unpaired) electrons. The minimum Gasteiger partial charge on any atom is -0.495 e. The van der Waals surface area contributed by atoms with E-state index >= 15 is 0 Å². The second-order valence-electron chi connectivity index (χ2n) is 9.60. The summed E-state index contributed by atoms with van der Waals surface area (Å²) in [6.45, 7) is 2.35. The molecule has 6 nitrogen and oxygen atoms in total. The Balaban J connectivity index is 1.32. The molecule has 2 heterocycles. The van der Waals surface area contributed by atoms with Crippen molar-refractivity contribution in [2.75, 3.05) is 38.7 Å². The van der Waals surface area contributed by atoms with Gasteiger partial charge in [0, 0.05) is 42.2 Å². The lowest BCUT2D eigenvalue weighted by Gasteiger charge is -2.57. The van der Waals surface area contributed by atoms with Crippen molar-refractivity contribution in [2.24, 2.45) is 0 Å². The molecule has 0 aliphatic carbocycles. The summed E-state index contributed by atoms with van der Waals surface area (Å²) in [5.41, 5.74) is 3.79. The van der Waals surface area contributed by atoms with Gasteiger partial charge in [-0.05, 0) is 61.3 Å². The van der Waals surface area contributed by atoms with Gasteiger partial charge >= 0.3 is 6.03 Å². The Morgan fingerprint density at radius 3 is 2.35 bits per heavy atom. The number of fused-ring (bicyclic) bond motifs is 1. The van der Waals surface area contributed by atoms with Gasteiger partial charge in [0.15, 0.2) is 0 Å². The minimum atomic E-state index is -0.121. The van der Waals surface area contributed by atoms with E-state index in [4.69, 9.17) is 4.74 Å². The molecule has 190 valence electrons. The number of anilines is 1. The van der Waals surface area contributed by atoms with E-state index < -0.39 is 0 Å². The van der Waals surface area contributed by atoms with E-state index in [1.807, 2.05) is 59.5 Å². The first-order chi connectivity index (χ1) is 18.2. The van der Waals surface area contributed by atoms with Crippen molar-refractivity contribution in [3.63, 3.8) is 0 Å². The van der Waals surface area contributed by atoms with E-state index in [1.165, 1.54) is 5.56 Å². The van der Waals surface area contributed by atoms with Crippen LogP contribution in [0.1, 0.15) is 35.4 Å². The maximum Gasteiger partial charge on any atom is 0.322 e. The van der Waals surface area contributed by atoms with Crippen LogP contribution in [0.2, 0.25) is 0 Å². The van der Waals surface area contributed by atoms with Crippen molar-refractivity contribution in [2.45, 2.75) is 30.8 Å². The van der Waals surface area contributed by atoms with Gasteiger partial charge < -0.3 is 20.1 Å². The molecule has 2 fully saturated rings. The Morgan fingerprint density at radius 1 is 0.946 bits per heavy atom. The maximum atomic E-state index is 13.3. The van der Waals surface area contributed by atoms with Crippen molar-refractivity contribution in [1.29, 1.82) is 0 Å². The summed E-state index contributed by atoms with van der Waals surface area (Å²) < 4.78 is 5.40. The van der Waals surface area contributed by atoms with Crippen LogP contribution in [-0.2, 0) is 0 Å². The molecule has 0 saturated carbocycles. The largest absolute Gasteiger partial charge is 0.495 e. The highest BCUT2D eigenvalue weighted by molar-refractivity contribution is 5.91. The highest BCUT2D eigenvalue weighted by Gasteiger charge is 2.49. The Morgan fingerprint density at radius 2 is 1.62 bits per heavy atom. The zero-order valence-corrected chi connectivity index (χ0v) is 21.1. The number of nitrogens with one attached hydrogen (secondary N) is 1. The summed E-state index contributed by atoms with van der Waals surface area (Å²) in [7, 11) is 1.60. The van der Waals surface area contributed by atoms with Crippen LogP contribution in [0.5, 0.6) is 5.75 Å². The summed E-state index contributed by atoms with van der Waals surface area (Å²) in [6, 6.07) is 25.9. The van der Waals surface area contributed by atoms with Gasteiger partial charge in [-0.3, -0.25) is 4.90 Å². The monoisotopic (exact) mass is 495 g/mol. The first kappa shape index (κ1) is 24.9. The summed E-state index contributed by atoms with van der Waals surface area (Å²) in [5, 5.41) is 13.3. The van der Waals surface area contributed by atoms with Crippen LogP contribution in [0.15, 0.2) is 78.9 Å². The fourth-order valence-corrected chi connectivity index (χ4v) is 5.52. The molecular formula is C31H33N3O3. The third-order valence-electron chi connectivity index (χ3n) is 7.43. The van der Waals surface area contributed by atoms with Crippen LogP contribution >= 0.6 is 0 Å². The van der Waals surface area contributed by atoms with Crippen LogP contribution in [0.3, 0.4) is 0 Å². The Bertz CT molecular complexity index is 1270. The van der Waals surface area contributed by atoms with Gasteiger partial charge in [-0.2, -0.15) is 0 Å². The van der Waals surface area contributed by atoms with Crippen molar-refractivity contribution in [1.82, 2.24) is 9.80 Å². The standard InChI is InChI=1S/C31H33N3O3/c1-37-29-12-6-5-11-26(29)32-31(36)33-19-7-8-20-34-27(21-33)30(28(34)22-35)25-17-15-24(16-18-25)14-13-23-9-3-2-4-10-23/h2-6,9-12,15-18,27-28,30,35H,7-8,19-22H2,1H3,(H,32,36)/t27-,28-,30+/m0/s1. The molecule has 5 rings (SSSR count). The third kappa shape index (κ3) is 5.48. The Labute approximate surface area is 218 Å². The van der Waals surface area contributed by atoms with E-state index in [0.29, 0.717) is 24.5 Å². The predicted molar refractivity (Wildman–Crippen MR) is 146 cm³/mol. The quantitative estimate of drug-likeness (QED) is 0.521. The van der Waals surface area contributed by atoms with Gasteiger partial charge in [-0.1, -0.05) is 54.3 Å². The van der Waals surface area contributed by atoms with Crippen molar-refractivity contribution >= 4 is 11.7 Å². The van der Waals surface area contributed by atoms with Crippen LogP contribution < -0.4 is 10.1 Å². The molecule has 2 aliphatic rings. The van der Waals surface area contributed by atoms with E-state index in [2.05, 4.69) is 46.3 Å². The molecule has 0 spiro atoms. The van der Waals surface area contributed by atoms with Crippen LogP contribution in [0.25, 0.3) is 0 Å². The number of nitrogens with zero attached hydrogens (tertiary/aromatic N) is 2. The Hall–Kier alpha value is -3.79. The minimum absolute atomic E-state index is 0.0588. The number of ether oxygens (including phenoxy) is 1. The molecular weight excluding hydrogens is 462 g/mol. The number of rotatable bonds is 4. The molecule has 0 bridgehead atoms. The number of benzene rings is 3. The molecule has 0 aromatic heterocycles. The van der Waals surface area contributed by atoms with E-state index in [-0.39, 0.29) is 30.6 Å². The number of urea groups is 1. The Kier molecular flexibility index (Phi) is 7.74. The van der Waals surface area contributed by atoms with E-state index in [9.17, 15) is 9.90 Å². The number of aliphatic hydroxyl groups excluding tert-OH is 1. The molecule has 2 amide bonds. The van der Waals surface area contributed by atoms with Crippen molar-refractivity contribution in [3.8, 4) is 17.6 Å². The fourth-order valence-electron chi connectivity index (χ4n) is 5.52. The SMILES string of the molecule is COc1ccccc1NC(=O)N1CCCCN2[C@@H](CO)[C@H](c3ccc(C#Cc4ccccc4)cc3)[C@@H]2C1. The first-order valence-electron chi connectivity index (χ1n) is 12.9. The fraction of sp³-hybridized carbons (Fsp3) is 0.323. The maximum absolute atomic E-state index is 13.3. The normalized spacial score (nSPS) is 21.4. The smallest absolute Gasteiger partial charge is 0.322 e. The number of amides is 2. The van der Waals surface area contributed by atoms with Crippen molar-refractivity contribution < 1.29 is 14.6 Å². The topological polar surface area (TPSA) is 65.0 Å². The number of methoxy groups -OCH3 is 1. The third-order valence-corrected chi connectivity index (χ3v) is 7.43. The number of hydrogen-bond acceptors (Lipinski definition) is 4. The number of carbonyl (C=O) groups is 1. The zero-order chi connectivity index (χ0) is 25.6. The van der Waals surface area contributed by atoms with E-state index in [0.717, 1.165) is 30.5 Å². The van der Waals surface area contributed by atoms with Crippen LogP contribution in [0.4, 0.5) is 10.5 Å². The molecule has 2 N–H and O–H groups in total. The number of carbonyl (C=O) groups excluding carboxylic acids is 1. The number of aliphatic hydroxyl groups is 1. The second kappa shape index (κ2) is 11.5. The highest BCUT2D eigenvalue weighted by atomic mass is 16.5. The number of hydrogen-bond donors (Lipinski definition) is 2. The highest BCUT2D eigenvalue weighted by Crippen LogP contribution is 2.42. The summed E-state index contributed by atoms with van der Waals surface area (Å²) in [6.07, 6.45) is 1.92. The molecule has 6 heteroatoms. The van der Waals surface area contributed by atoms with Crippen LogP contribution in [-0.4, -0.2) is 66.4 Å². The molecule has 3 atom stereocenters. The van der Waals surface area contributed by atoms with E-state index in [1.54, 1.807) is 7.11 Å². The van der Waals surface area contributed by atoms with Gasteiger partial charge in [0.1, 0.15) is 5.75 Å². The summed E-state index contributed by atoms with van der Waals surface area (Å²) >= 11 is 0. The van der Waals surface area contributed by atoms with Gasteiger partial charge in [0.2, 0.25) is 0 Å². The molecule has 3 aromatic rings. The molecule has 0 unspecified atom stereocenters. The summed E-state index contributed by atoms with van der Waals surface area (Å²) in [5.74, 6) is 7.24. The summed E-state index contributed by atoms with van der Waals surface area (Å²) in [4.78, 5) is 17.6. The predicted octanol–water partition coefficient (Wildman–Crippen LogP) is 4.55. The lowest BCUT2D eigenvalue weighted by atomic mass is 9.74. The second-order valence-corrected chi connectivity index (χ2v) is 9.60. The lowest BCUT2D eigenvalue weighted by Crippen LogP contribution is -2.68. The zero-order valence-electron chi connectivity index (χ0n) is 21.1. The molecule has 2 saturated heterocycles. The average Bonchev–Trinajstić information content (AvgIpc) is 2.92. The molecule has 3 aromatic carbocycles. The van der Waals surface area contributed by atoms with Gasteiger partial charge in [0.25, 0.3) is 0 Å². The lowest BCUT2D eigenvalue weighted by molar-refractivity contribution is -0.0585. The molecule has 37 heavy (non-hydrogen) atoms. The molecule has 2 aliphatic heterocycles. The van der Waals surface area contributed by atoms with Gasteiger partial charge in [-0.25, -0.2) is 4.79 Å². The van der Waals surface area contributed by atoms with Crippen LogP contribution in [0, 0.1) is 11.8 Å². The first-order valence-corrected chi connectivity index (χ1v) is 12.9. The van der Waals surface area contributed by atoms with Crippen molar-refractivity contribution in [3.05, 3.63) is 95.6 Å². The number of para-hydroxylation sites is 2.